The Morgan fingerprint density at radius 3 is 2.68 bits per heavy atom. The minimum absolute atomic E-state index is 0.168. The molecule has 3 aromatic rings. The average molecular weight is 481 g/mol. The van der Waals surface area contributed by atoms with Gasteiger partial charge in [0.15, 0.2) is 17.1 Å². The van der Waals surface area contributed by atoms with Gasteiger partial charge in [0, 0.05) is 11.6 Å². The number of hydrogen-bond acceptors (Lipinski definition) is 6. The van der Waals surface area contributed by atoms with Crippen molar-refractivity contribution in [2.75, 3.05) is 18.2 Å². The molecule has 1 unspecified atom stereocenters. The van der Waals surface area contributed by atoms with Crippen LogP contribution in [0, 0.1) is 0 Å². The number of carbonyl (C=O) groups excluding carboxylic acids is 1. The third kappa shape index (κ3) is 5.84. The van der Waals surface area contributed by atoms with Gasteiger partial charge in [-0.05, 0) is 44.2 Å². The number of halogens is 2. The number of para-hydroxylation sites is 2. The van der Waals surface area contributed by atoms with Crippen LogP contribution in [0.25, 0.3) is 0 Å². The third-order valence-corrected chi connectivity index (χ3v) is 5.83. The second-order valence-corrected chi connectivity index (χ2v) is 8.24. The molecule has 0 aliphatic rings. The summed E-state index contributed by atoms with van der Waals surface area (Å²) in [6, 6.07) is 12.3. The van der Waals surface area contributed by atoms with Crippen molar-refractivity contribution in [2.24, 2.45) is 0 Å². The Balaban J connectivity index is 1.66. The fraction of sp³-hybridized carbons (Fsp3) is 0.286. The van der Waals surface area contributed by atoms with Crippen LogP contribution in [0.15, 0.2) is 47.6 Å². The molecule has 1 N–H and O–H groups in total. The standard InChI is InChI=1S/C21H22Cl2N4O3S/c1-4-27-20(13(2)30-17-10-9-14(22)11-15(17)23)25-26-21(27)31-12-19(28)24-16-7-5-6-8-18(16)29-3/h5-11,13H,4,12H2,1-3H3,(H,24,28). The van der Waals surface area contributed by atoms with Crippen LogP contribution in [-0.2, 0) is 11.3 Å². The summed E-state index contributed by atoms with van der Waals surface area (Å²) in [5, 5.41) is 12.9. The van der Waals surface area contributed by atoms with Gasteiger partial charge >= 0.3 is 0 Å². The molecule has 0 aliphatic heterocycles. The fourth-order valence-electron chi connectivity index (χ4n) is 2.88. The molecule has 3 rings (SSSR count). The number of aromatic nitrogens is 3. The Morgan fingerprint density at radius 1 is 1.19 bits per heavy atom. The molecule has 1 amide bonds. The van der Waals surface area contributed by atoms with Crippen molar-refractivity contribution in [3.63, 3.8) is 0 Å². The molecule has 0 radical (unpaired) electrons. The summed E-state index contributed by atoms with van der Waals surface area (Å²) in [6.45, 7) is 4.47. The highest BCUT2D eigenvalue weighted by atomic mass is 35.5. The molecule has 0 spiro atoms. The maximum Gasteiger partial charge on any atom is 0.234 e. The van der Waals surface area contributed by atoms with E-state index in [1.54, 1.807) is 37.4 Å². The summed E-state index contributed by atoms with van der Waals surface area (Å²) in [4.78, 5) is 12.4. The minimum atomic E-state index is -0.400. The van der Waals surface area contributed by atoms with E-state index in [1.165, 1.54) is 11.8 Å². The highest BCUT2D eigenvalue weighted by Crippen LogP contribution is 2.32. The number of carbonyl (C=O) groups is 1. The van der Waals surface area contributed by atoms with Gasteiger partial charge in [-0.2, -0.15) is 0 Å². The first kappa shape index (κ1) is 23.2. The van der Waals surface area contributed by atoms with Crippen LogP contribution in [-0.4, -0.2) is 33.5 Å². The molecule has 10 heteroatoms. The van der Waals surface area contributed by atoms with E-state index >= 15 is 0 Å². The van der Waals surface area contributed by atoms with Crippen molar-refractivity contribution in [2.45, 2.75) is 31.7 Å². The summed E-state index contributed by atoms with van der Waals surface area (Å²) in [6.07, 6.45) is -0.400. The van der Waals surface area contributed by atoms with Gasteiger partial charge in [0.05, 0.1) is 23.6 Å². The van der Waals surface area contributed by atoms with Crippen LogP contribution in [0.5, 0.6) is 11.5 Å². The SMILES string of the molecule is CCn1c(SCC(=O)Nc2ccccc2OC)nnc1C(C)Oc1ccc(Cl)cc1Cl. The lowest BCUT2D eigenvalue weighted by molar-refractivity contribution is -0.113. The largest absolute Gasteiger partial charge is 0.495 e. The molecule has 7 nitrogen and oxygen atoms in total. The summed E-state index contributed by atoms with van der Waals surface area (Å²) in [7, 11) is 1.56. The first-order chi connectivity index (χ1) is 14.9. The zero-order chi connectivity index (χ0) is 22.4. The van der Waals surface area contributed by atoms with Crippen LogP contribution in [0.3, 0.4) is 0 Å². The molecule has 1 atom stereocenters. The lowest BCUT2D eigenvalue weighted by Crippen LogP contribution is -2.16. The maximum absolute atomic E-state index is 12.4. The van der Waals surface area contributed by atoms with E-state index in [9.17, 15) is 4.79 Å². The average Bonchev–Trinajstić information content (AvgIpc) is 3.17. The predicted molar refractivity (Wildman–Crippen MR) is 124 cm³/mol. The van der Waals surface area contributed by atoms with Gasteiger partial charge in [-0.3, -0.25) is 4.79 Å². The zero-order valence-corrected chi connectivity index (χ0v) is 19.6. The first-order valence-electron chi connectivity index (χ1n) is 9.53. The number of amides is 1. The lowest BCUT2D eigenvalue weighted by atomic mass is 10.3. The molecule has 1 aromatic heterocycles. The van der Waals surface area contributed by atoms with Crippen molar-refractivity contribution < 1.29 is 14.3 Å². The van der Waals surface area contributed by atoms with Crippen LogP contribution in [0.1, 0.15) is 25.8 Å². The number of methoxy groups -OCH3 is 1. The molecule has 0 aliphatic carbocycles. The second kappa shape index (κ2) is 10.7. The van der Waals surface area contributed by atoms with Gasteiger partial charge in [-0.15, -0.1) is 10.2 Å². The van der Waals surface area contributed by atoms with Crippen LogP contribution >= 0.6 is 35.0 Å². The van der Waals surface area contributed by atoms with E-state index < -0.39 is 6.10 Å². The molecule has 0 saturated carbocycles. The predicted octanol–water partition coefficient (Wildman–Crippen LogP) is 5.48. The van der Waals surface area contributed by atoms with Crippen molar-refractivity contribution >= 4 is 46.6 Å². The Bertz CT molecular complexity index is 1060. The highest BCUT2D eigenvalue weighted by molar-refractivity contribution is 7.99. The van der Waals surface area contributed by atoms with Gasteiger partial charge in [0.2, 0.25) is 5.91 Å². The zero-order valence-electron chi connectivity index (χ0n) is 17.3. The van der Waals surface area contributed by atoms with E-state index in [0.717, 1.165) is 0 Å². The van der Waals surface area contributed by atoms with Gasteiger partial charge in [-0.25, -0.2) is 0 Å². The number of nitrogens with one attached hydrogen (secondary N) is 1. The number of nitrogens with zero attached hydrogens (tertiary/aromatic N) is 3. The van der Waals surface area contributed by atoms with Gasteiger partial charge in [0.25, 0.3) is 0 Å². The highest BCUT2D eigenvalue weighted by Gasteiger charge is 2.20. The van der Waals surface area contributed by atoms with Gasteiger partial charge in [0.1, 0.15) is 11.5 Å². The molecule has 0 fully saturated rings. The quantitative estimate of drug-likeness (QED) is 0.408. The number of rotatable bonds is 9. The van der Waals surface area contributed by atoms with Crippen molar-refractivity contribution in [1.82, 2.24) is 14.8 Å². The topological polar surface area (TPSA) is 78.3 Å². The number of ether oxygens (including phenoxy) is 2. The summed E-state index contributed by atoms with van der Waals surface area (Å²) >= 11 is 13.4. The molecular formula is C21H22Cl2N4O3S. The molecule has 0 bridgehead atoms. The smallest absolute Gasteiger partial charge is 0.234 e. The van der Waals surface area contributed by atoms with Crippen molar-refractivity contribution in [1.29, 1.82) is 0 Å². The lowest BCUT2D eigenvalue weighted by Gasteiger charge is -2.16. The van der Waals surface area contributed by atoms with E-state index in [-0.39, 0.29) is 11.7 Å². The molecular weight excluding hydrogens is 459 g/mol. The molecule has 2 aromatic carbocycles. The van der Waals surface area contributed by atoms with Crippen LogP contribution < -0.4 is 14.8 Å². The van der Waals surface area contributed by atoms with Crippen molar-refractivity contribution in [3.05, 3.63) is 58.3 Å². The van der Waals surface area contributed by atoms with E-state index in [2.05, 4.69) is 15.5 Å². The first-order valence-corrected chi connectivity index (χ1v) is 11.3. The molecule has 164 valence electrons. The number of hydrogen-bond donors (Lipinski definition) is 1. The van der Waals surface area contributed by atoms with Crippen LogP contribution in [0.2, 0.25) is 10.0 Å². The van der Waals surface area contributed by atoms with E-state index in [0.29, 0.717) is 44.8 Å². The molecule has 31 heavy (non-hydrogen) atoms. The summed E-state index contributed by atoms with van der Waals surface area (Å²) in [5.74, 6) is 1.76. The molecule has 1 heterocycles. The fourth-order valence-corrected chi connectivity index (χ4v) is 4.15. The van der Waals surface area contributed by atoms with E-state index in [1.807, 2.05) is 30.5 Å². The Hall–Kier alpha value is -2.42. The Labute approximate surface area is 195 Å². The van der Waals surface area contributed by atoms with Gasteiger partial charge < -0.3 is 19.4 Å². The number of thioether (sulfide) groups is 1. The normalized spacial score (nSPS) is 11.8. The number of benzene rings is 2. The Kier molecular flexibility index (Phi) is 8.06. The van der Waals surface area contributed by atoms with Gasteiger partial charge in [-0.1, -0.05) is 47.1 Å². The second-order valence-electron chi connectivity index (χ2n) is 6.46. The van der Waals surface area contributed by atoms with Crippen LogP contribution in [0.4, 0.5) is 5.69 Å². The molecule has 0 saturated heterocycles. The third-order valence-electron chi connectivity index (χ3n) is 4.34. The minimum Gasteiger partial charge on any atom is -0.495 e. The number of anilines is 1. The monoisotopic (exact) mass is 480 g/mol. The van der Waals surface area contributed by atoms with Crippen molar-refractivity contribution in [3.8, 4) is 11.5 Å². The van der Waals surface area contributed by atoms with E-state index in [4.69, 9.17) is 32.7 Å². The summed E-state index contributed by atoms with van der Waals surface area (Å²) in [5.41, 5.74) is 0.620. The maximum atomic E-state index is 12.4. The Morgan fingerprint density at radius 2 is 1.97 bits per heavy atom. The summed E-state index contributed by atoms with van der Waals surface area (Å²) < 4.78 is 13.1.